The van der Waals surface area contributed by atoms with E-state index in [-0.39, 0.29) is 15.7 Å². The molecule has 0 aliphatic carbocycles. The van der Waals surface area contributed by atoms with Gasteiger partial charge in [0.05, 0.1) is 10.7 Å². The minimum absolute atomic E-state index is 0.0138. The van der Waals surface area contributed by atoms with E-state index in [1.54, 1.807) is 0 Å². The second kappa shape index (κ2) is 3.34. The molecule has 0 aromatic heterocycles. The lowest BCUT2D eigenvalue weighted by Gasteiger charge is -2.04. The summed E-state index contributed by atoms with van der Waals surface area (Å²) in [4.78, 5) is -0.481. The molecule has 0 amide bonds. The molecule has 0 unspecified atom stereocenters. The number of nitrogen functional groups attached to an aromatic ring is 1. The van der Waals surface area contributed by atoms with Crippen LogP contribution in [0.5, 0.6) is 0 Å². The summed E-state index contributed by atoms with van der Waals surface area (Å²) >= 11 is 11.1. The quantitative estimate of drug-likeness (QED) is 0.581. The van der Waals surface area contributed by atoms with Crippen LogP contribution in [0.3, 0.4) is 0 Å². The van der Waals surface area contributed by atoms with Crippen molar-refractivity contribution in [3.63, 3.8) is 0 Å². The van der Waals surface area contributed by atoms with E-state index in [0.717, 1.165) is 6.07 Å². The molecule has 1 aromatic rings. The SMILES string of the molecule is Nc1c(Cl)cc(Cl)cc1S(=O)(=O)O. The van der Waals surface area contributed by atoms with Gasteiger partial charge in [0.2, 0.25) is 0 Å². The third-order valence-corrected chi connectivity index (χ3v) is 2.76. The fourth-order valence-electron chi connectivity index (χ4n) is 0.775. The average Bonchev–Trinajstić information content (AvgIpc) is 1.94. The normalized spacial score (nSPS) is 11.6. The van der Waals surface area contributed by atoms with E-state index in [1.165, 1.54) is 6.07 Å². The zero-order valence-electron chi connectivity index (χ0n) is 6.16. The molecule has 0 aliphatic rings. The van der Waals surface area contributed by atoms with Crippen molar-refractivity contribution >= 4 is 39.0 Å². The molecule has 0 saturated carbocycles. The molecule has 0 atom stereocenters. The number of halogens is 2. The standard InChI is InChI=1S/C6H5Cl2NO3S/c7-3-1-4(8)6(9)5(2-3)13(10,11)12/h1-2H,9H2,(H,10,11,12). The van der Waals surface area contributed by atoms with Crippen LogP contribution in [-0.2, 0) is 10.1 Å². The molecular formula is C6H5Cl2NO3S. The number of rotatable bonds is 1. The Hall–Kier alpha value is -0.490. The predicted molar refractivity (Wildman–Crippen MR) is 50.7 cm³/mol. The van der Waals surface area contributed by atoms with E-state index in [0.29, 0.717) is 0 Å². The number of anilines is 1. The van der Waals surface area contributed by atoms with E-state index in [2.05, 4.69) is 0 Å². The smallest absolute Gasteiger partial charge is 0.296 e. The van der Waals surface area contributed by atoms with Gasteiger partial charge in [-0.1, -0.05) is 23.2 Å². The fourth-order valence-corrected chi connectivity index (χ4v) is 2.05. The monoisotopic (exact) mass is 241 g/mol. The maximum Gasteiger partial charge on any atom is 0.296 e. The summed E-state index contributed by atoms with van der Waals surface area (Å²) in [6.07, 6.45) is 0. The first-order chi connectivity index (χ1) is 5.82. The van der Waals surface area contributed by atoms with E-state index >= 15 is 0 Å². The Bertz CT molecular complexity index is 443. The van der Waals surface area contributed by atoms with Gasteiger partial charge >= 0.3 is 0 Å². The van der Waals surface area contributed by atoms with Gasteiger partial charge in [0.25, 0.3) is 10.1 Å². The van der Waals surface area contributed by atoms with Crippen LogP contribution in [-0.4, -0.2) is 13.0 Å². The topological polar surface area (TPSA) is 80.4 Å². The number of benzene rings is 1. The first-order valence-electron chi connectivity index (χ1n) is 3.04. The predicted octanol–water partition coefficient (Wildman–Crippen LogP) is 1.82. The Balaban J connectivity index is 3.56. The second-order valence-corrected chi connectivity index (χ2v) is 4.51. The molecule has 0 radical (unpaired) electrons. The highest BCUT2D eigenvalue weighted by atomic mass is 35.5. The van der Waals surface area contributed by atoms with E-state index in [9.17, 15) is 8.42 Å². The molecule has 4 nitrogen and oxygen atoms in total. The molecule has 0 spiro atoms. The molecule has 0 fully saturated rings. The lowest BCUT2D eigenvalue weighted by atomic mass is 10.3. The molecule has 0 heterocycles. The highest BCUT2D eigenvalue weighted by molar-refractivity contribution is 7.86. The Morgan fingerprint density at radius 2 is 1.85 bits per heavy atom. The third kappa shape index (κ3) is 2.25. The number of hydrogen-bond acceptors (Lipinski definition) is 3. The van der Waals surface area contributed by atoms with Gasteiger partial charge in [0.15, 0.2) is 0 Å². The van der Waals surface area contributed by atoms with Crippen LogP contribution in [0.25, 0.3) is 0 Å². The minimum Gasteiger partial charge on any atom is -0.396 e. The van der Waals surface area contributed by atoms with Crippen LogP contribution in [0.2, 0.25) is 10.0 Å². The van der Waals surface area contributed by atoms with E-state index in [1.807, 2.05) is 0 Å². The van der Waals surface area contributed by atoms with Gasteiger partial charge < -0.3 is 5.73 Å². The maximum atomic E-state index is 10.7. The zero-order chi connectivity index (χ0) is 10.2. The van der Waals surface area contributed by atoms with Crippen molar-refractivity contribution in [1.29, 1.82) is 0 Å². The molecule has 3 N–H and O–H groups in total. The Morgan fingerprint density at radius 1 is 1.31 bits per heavy atom. The van der Waals surface area contributed by atoms with Gasteiger partial charge in [-0.3, -0.25) is 4.55 Å². The average molecular weight is 242 g/mol. The Kier molecular flexibility index (Phi) is 2.72. The van der Waals surface area contributed by atoms with Crippen LogP contribution < -0.4 is 5.73 Å². The minimum atomic E-state index is -4.37. The summed E-state index contributed by atoms with van der Waals surface area (Å²) in [5.41, 5.74) is 5.09. The van der Waals surface area contributed by atoms with Crippen LogP contribution >= 0.6 is 23.2 Å². The summed E-state index contributed by atoms with van der Waals surface area (Å²) < 4.78 is 30.1. The zero-order valence-corrected chi connectivity index (χ0v) is 8.49. The molecular weight excluding hydrogens is 237 g/mol. The van der Waals surface area contributed by atoms with Crippen molar-refractivity contribution in [2.75, 3.05) is 5.73 Å². The summed E-state index contributed by atoms with van der Waals surface area (Å²) in [6.45, 7) is 0. The molecule has 0 bridgehead atoms. The van der Waals surface area contributed by atoms with Gasteiger partial charge in [-0.2, -0.15) is 8.42 Å². The summed E-state index contributed by atoms with van der Waals surface area (Å²) in [6, 6.07) is 2.31. The third-order valence-electron chi connectivity index (χ3n) is 1.33. The summed E-state index contributed by atoms with van der Waals surface area (Å²) in [5.74, 6) is 0. The Labute approximate surface area is 85.0 Å². The summed E-state index contributed by atoms with van der Waals surface area (Å²) in [5, 5.41) is 0.0759. The Morgan fingerprint density at radius 3 is 2.31 bits per heavy atom. The molecule has 0 aliphatic heterocycles. The summed E-state index contributed by atoms with van der Waals surface area (Å²) in [7, 11) is -4.37. The lowest BCUT2D eigenvalue weighted by molar-refractivity contribution is 0.483. The molecule has 13 heavy (non-hydrogen) atoms. The molecule has 0 saturated heterocycles. The van der Waals surface area contributed by atoms with Crippen molar-refractivity contribution in [1.82, 2.24) is 0 Å². The first-order valence-corrected chi connectivity index (χ1v) is 5.24. The highest BCUT2D eigenvalue weighted by Crippen LogP contribution is 2.30. The van der Waals surface area contributed by atoms with Crippen LogP contribution in [0, 0.1) is 0 Å². The van der Waals surface area contributed by atoms with Gasteiger partial charge in [-0.05, 0) is 12.1 Å². The van der Waals surface area contributed by atoms with Crippen molar-refractivity contribution in [3.05, 3.63) is 22.2 Å². The van der Waals surface area contributed by atoms with Gasteiger partial charge in [-0.25, -0.2) is 0 Å². The van der Waals surface area contributed by atoms with Gasteiger partial charge in [-0.15, -0.1) is 0 Å². The fraction of sp³-hybridized carbons (Fsp3) is 0. The number of nitrogens with two attached hydrogens (primary N) is 1. The van der Waals surface area contributed by atoms with Crippen LogP contribution in [0.1, 0.15) is 0 Å². The largest absolute Gasteiger partial charge is 0.396 e. The van der Waals surface area contributed by atoms with Crippen molar-refractivity contribution in [3.8, 4) is 0 Å². The van der Waals surface area contributed by atoms with Crippen molar-refractivity contribution < 1.29 is 13.0 Å². The van der Waals surface area contributed by atoms with Crippen LogP contribution in [0.15, 0.2) is 17.0 Å². The second-order valence-electron chi connectivity index (χ2n) is 2.27. The van der Waals surface area contributed by atoms with Gasteiger partial charge in [0, 0.05) is 5.02 Å². The molecule has 1 rings (SSSR count). The maximum absolute atomic E-state index is 10.7. The first kappa shape index (κ1) is 10.6. The van der Waals surface area contributed by atoms with E-state index < -0.39 is 15.0 Å². The van der Waals surface area contributed by atoms with Crippen LogP contribution in [0.4, 0.5) is 5.69 Å². The highest BCUT2D eigenvalue weighted by Gasteiger charge is 2.16. The molecule has 1 aromatic carbocycles. The molecule has 72 valence electrons. The van der Waals surface area contributed by atoms with E-state index in [4.69, 9.17) is 33.5 Å². The van der Waals surface area contributed by atoms with Gasteiger partial charge in [0.1, 0.15) is 4.90 Å². The lowest BCUT2D eigenvalue weighted by Crippen LogP contribution is -2.03. The molecule has 7 heteroatoms. The van der Waals surface area contributed by atoms with Crippen molar-refractivity contribution in [2.24, 2.45) is 0 Å². The van der Waals surface area contributed by atoms with Crippen molar-refractivity contribution in [2.45, 2.75) is 4.90 Å². The number of hydrogen-bond donors (Lipinski definition) is 2.